The van der Waals surface area contributed by atoms with Crippen LogP contribution in [0.5, 0.6) is 5.75 Å². The molecule has 0 aliphatic carbocycles. The van der Waals surface area contributed by atoms with Gasteiger partial charge in [0.15, 0.2) is 17.4 Å². The lowest BCUT2D eigenvalue weighted by atomic mass is 10.1. The quantitative estimate of drug-likeness (QED) is 0.907. The number of hydrogen-bond donors (Lipinski definition) is 1. The summed E-state index contributed by atoms with van der Waals surface area (Å²) in [5.41, 5.74) is 0.543. The minimum atomic E-state index is -0.899. The Balaban J connectivity index is 1.93. The molecule has 0 amide bonds. The van der Waals surface area contributed by atoms with Crippen molar-refractivity contribution in [2.75, 3.05) is 33.7 Å². The SMILES string of the molecule is CN1CCC(CN(C)Cc2cc(F)c(O)c(F)c2)C1. The summed E-state index contributed by atoms with van der Waals surface area (Å²) in [4.78, 5) is 4.35. The Hall–Kier alpha value is -1.20. The predicted octanol–water partition coefficient (Wildman–Crippen LogP) is 2.05. The van der Waals surface area contributed by atoms with E-state index in [9.17, 15) is 8.78 Å². The largest absolute Gasteiger partial charge is 0.503 e. The normalized spacial score (nSPS) is 20.4. The van der Waals surface area contributed by atoms with Gasteiger partial charge < -0.3 is 14.9 Å². The van der Waals surface area contributed by atoms with Crippen LogP contribution < -0.4 is 0 Å². The van der Waals surface area contributed by atoms with E-state index < -0.39 is 17.4 Å². The van der Waals surface area contributed by atoms with Crippen molar-refractivity contribution in [2.45, 2.75) is 13.0 Å². The second-order valence-corrected chi connectivity index (χ2v) is 5.52. The second-order valence-electron chi connectivity index (χ2n) is 5.52. The van der Waals surface area contributed by atoms with Crippen molar-refractivity contribution in [3.8, 4) is 5.75 Å². The summed E-state index contributed by atoms with van der Waals surface area (Å²) in [6.45, 7) is 3.58. The number of halogens is 2. The van der Waals surface area contributed by atoms with E-state index in [2.05, 4.69) is 16.8 Å². The lowest BCUT2D eigenvalue weighted by molar-refractivity contribution is 0.266. The third-order valence-corrected chi connectivity index (χ3v) is 3.59. The van der Waals surface area contributed by atoms with Gasteiger partial charge in [0.25, 0.3) is 0 Å². The highest BCUT2D eigenvalue weighted by Crippen LogP contribution is 2.22. The molecule has 1 saturated heterocycles. The van der Waals surface area contributed by atoms with E-state index in [1.807, 2.05) is 7.05 Å². The molecular formula is C14H20F2N2O. The van der Waals surface area contributed by atoms with Crippen LogP contribution in [0.2, 0.25) is 0 Å². The molecule has 1 aromatic rings. The first kappa shape index (κ1) is 14.2. The molecule has 0 radical (unpaired) electrons. The zero-order valence-electron chi connectivity index (χ0n) is 11.4. The van der Waals surface area contributed by atoms with Crippen LogP contribution in [0.25, 0.3) is 0 Å². The molecule has 106 valence electrons. The number of phenolic OH excluding ortho intramolecular Hbond substituents is 1. The van der Waals surface area contributed by atoms with Gasteiger partial charge in [-0.2, -0.15) is 0 Å². The fourth-order valence-electron chi connectivity index (χ4n) is 2.70. The molecule has 0 spiro atoms. The van der Waals surface area contributed by atoms with Gasteiger partial charge in [-0.1, -0.05) is 0 Å². The van der Waals surface area contributed by atoms with Crippen molar-refractivity contribution in [3.63, 3.8) is 0 Å². The van der Waals surface area contributed by atoms with Crippen LogP contribution in [0.1, 0.15) is 12.0 Å². The standard InChI is InChI=1S/C14H20F2N2O/c1-17-4-3-10(7-17)8-18(2)9-11-5-12(15)14(19)13(16)6-11/h5-6,10,19H,3-4,7-9H2,1-2H3. The van der Waals surface area contributed by atoms with E-state index in [1.165, 1.54) is 18.6 Å². The van der Waals surface area contributed by atoms with Crippen molar-refractivity contribution in [2.24, 2.45) is 5.92 Å². The zero-order valence-corrected chi connectivity index (χ0v) is 11.4. The maximum atomic E-state index is 13.2. The number of rotatable bonds is 4. The van der Waals surface area contributed by atoms with Crippen LogP contribution in [0.4, 0.5) is 8.78 Å². The molecule has 0 aromatic heterocycles. The molecule has 1 aromatic carbocycles. The molecular weight excluding hydrogens is 250 g/mol. The number of hydrogen-bond acceptors (Lipinski definition) is 3. The van der Waals surface area contributed by atoms with Crippen molar-refractivity contribution in [1.29, 1.82) is 0 Å². The molecule has 0 bridgehead atoms. The van der Waals surface area contributed by atoms with Crippen LogP contribution in [0.3, 0.4) is 0 Å². The average Bonchev–Trinajstić information content (AvgIpc) is 2.71. The lowest BCUT2D eigenvalue weighted by Crippen LogP contribution is -2.27. The van der Waals surface area contributed by atoms with Crippen molar-refractivity contribution < 1.29 is 13.9 Å². The van der Waals surface area contributed by atoms with Gasteiger partial charge in [-0.15, -0.1) is 0 Å². The average molecular weight is 270 g/mol. The Morgan fingerprint density at radius 2 is 2.00 bits per heavy atom. The van der Waals surface area contributed by atoms with Gasteiger partial charge in [-0.25, -0.2) is 8.78 Å². The maximum Gasteiger partial charge on any atom is 0.187 e. The first-order chi connectivity index (χ1) is 8.95. The smallest absolute Gasteiger partial charge is 0.187 e. The molecule has 1 heterocycles. The number of benzene rings is 1. The molecule has 0 saturated carbocycles. The van der Waals surface area contributed by atoms with E-state index in [1.54, 1.807) is 0 Å². The van der Waals surface area contributed by atoms with Crippen LogP contribution in [0.15, 0.2) is 12.1 Å². The van der Waals surface area contributed by atoms with E-state index in [4.69, 9.17) is 5.11 Å². The summed E-state index contributed by atoms with van der Waals surface area (Å²) in [6, 6.07) is 2.38. The number of likely N-dealkylation sites (tertiary alicyclic amines) is 1. The highest BCUT2D eigenvalue weighted by Gasteiger charge is 2.21. The highest BCUT2D eigenvalue weighted by atomic mass is 19.1. The van der Waals surface area contributed by atoms with Gasteiger partial charge in [0.2, 0.25) is 0 Å². The van der Waals surface area contributed by atoms with Crippen molar-refractivity contribution in [3.05, 3.63) is 29.3 Å². The molecule has 1 aliphatic rings. The number of nitrogens with zero attached hydrogens (tertiary/aromatic N) is 2. The summed E-state index contributed by atoms with van der Waals surface area (Å²) in [5.74, 6) is -2.08. The first-order valence-corrected chi connectivity index (χ1v) is 6.49. The van der Waals surface area contributed by atoms with Gasteiger partial charge in [0.05, 0.1) is 0 Å². The molecule has 2 rings (SSSR count). The summed E-state index contributed by atoms with van der Waals surface area (Å²) < 4.78 is 26.5. The molecule has 19 heavy (non-hydrogen) atoms. The van der Waals surface area contributed by atoms with Crippen LogP contribution >= 0.6 is 0 Å². The number of phenols is 1. The lowest BCUT2D eigenvalue weighted by Gasteiger charge is -2.21. The first-order valence-electron chi connectivity index (χ1n) is 6.49. The molecule has 1 unspecified atom stereocenters. The molecule has 1 fully saturated rings. The maximum absolute atomic E-state index is 13.2. The predicted molar refractivity (Wildman–Crippen MR) is 70.0 cm³/mol. The monoisotopic (exact) mass is 270 g/mol. The topological polar surface area (TPSA) is 26.7 Å². The van der Waals surface area contributed by atoms with Crippen LogP contribution in [-0.4, -0.2) is 48.6 Å². The van der Waals surface area contributed by atoms with Crippen molar-refractivity contribution >= 4 is 0 Å². The Labute approximate surface area is 112 Å². The third kappa shape index (κ3) is 3.64. The molecule has 1 atom stereocenters. The summed E-state index contributed by atoms with van der Waals surface area (Å²) in [7, 11) is 4.05. The number of aromatic hydroxyl groups is 1. The molecule has 5 heteroatoms. The van der Waals surface area contributed by atoms with Crippen LogP contribution in [-0.2, 0) is 6.54 Å². The third-order valence-electron chi connectivity index (χ3n) is 3.59. The zero-order chi connectivity index (χ0) is 14.0. The summed E-state index contributed by atoms with van der Waals surface area (Å²) in [5, 5.41) is 9.05. The minimum absolute atomic E-state index is 0.480. The van der Waals surface area contributed by atoms with Gasteiger partial charge in [0.1, 0.15) is 0 Å². The fourth-order valence-corrected chi connectivity index (χ4v) is 2.70. The summed E-state index contributed by atoms with van der Waals surface area (Å²) in [6.07, 6.45) is 1.17. The molecule has 1 N–H and O–H groups in total. The van der Waals surface area contributed by atoms with Gasteiger partial charge >= 0.3 is 0 Å². The van der Waals surface area contributed by atoms with E-state index in [0.29, 0.717) is 18.0 Å². The van der Waals surface area contributed by atoms with Crippen LogP contribution in [0, 0.1) is 17.6 Å². The Bertz CT molecular complexity index is 430. The molecule has 1 aliphatic heterocycles. The fraction of sp³-hybridized carbons (Fsp3) is 0.571. The Morgan fingerprint density at radius 3 is 2.53 bits per heavy atom. The van der Waals surface area contributed by atoms with Crippen molar-refractivity contribution in [1.82, 2.24) is 9.80 Å². The molecule has 3 nitrogen and oxygen atoms in total. The summed E-state index contributed by atoms with van der Waals surface area (Å²) >= 11 is 0. The Morgan fingerprint density at radius 1 is 1.37 bits per heavy atom. The second kappa shape index (κ2) is 5.84. The highest BCUT2D eigenvalue weighted by molar-refractivity contribution is 5.29. The van der Waals surface area contributed by atoms with E-state index >= 15 is 0 Å². The van der Waals surface area contributed by atoms with E-state index in [-0.39, 0.29) is 0 Å². The van der Waals surface area contributed by atoms with E-state index in [0.717, 1.165) is 19.6 Å². The van der Waals surface area contributed by atoms with Gasteiger partial charge in [0, 0.05) is 19.6 Å². The minimum Gasteiger partial charge on any atom is -0.503 e. The van der Waals surface area contributed by atoms with Gasteiger partial charge in [-0.05, 0) is 50.7 Å². The Kier molecular flexibility index (Phi) is 4.37. The van der Waals surface area contributed by atoms with Gasteiger partial charge in [-0.3, -0.25) is 0 Å².